The Morgan fingerprint density at radius 2 is 2.19 bits per heavy atom. The van der Waals surface area contributed by atoms with Crippen molar-refractivity contribution < 1.29 is 17.9 Å². The maximum Gasteiger partial charge on any atom is 0.573 e. The lowest BCUT2D eigenvalue weighted by Gasteiger charge is -2.13. The van der Waals surface area contributed by atoms with E-state index >= 15 is 0 Å². The van der Waals surface area contributed by atoms with E-state index in [0.29, 0.717) is 6.54 Å². The Labute approximate surface area is 119 Å². The molecule has 0 radical (unpaired) electrons. The number of rotatable bonds is 5. The van der Waals surface area contributed by atoms with E-state index in [4.69, 9.17) is 17.2 Å². The molecule has 0 saturated carbocycles. The van der Waals surface area contributed by atoms with Gasteiger partial charge in [-0.1, -0.05) is 0 Å². The molecular formula is C12H16F3N5O. The number of alkyl halides is 3. The van der Waals surface area contributed by atoms with Gasteiger partial charge < -0.3 is 21.9 Å². The molecule has 1 rings (SSSR count). The lowest BCUT2D eigenvalue weighted by molar-refractivity contribution is -0.274. The molecule has 0 bridgehead atoms. The van der Waals surface area contributed by atoms with Crippen LogP contribution in [0.3, 0.4) is 0 Å². The second-order valence-corrected chi connectivity index (χ2v) is 4.25. The number of pyridine rings is 1. The standard InChI is InChI=1S/C12H16F3N5O/c1-7(17)4-19-5-8(3-16)9-6-20-11(18)2-10(9)21-12(13,14)15/h2-3,5-7H,4,16-17H2,1H3,(H2,18,20)/b8-3+,19-5?. The molecule has 0 fully saturated rings. The SMILES string of the molecule is CC(N)CN=C/C(=C\N)c1cnc(N)cc1OC(F)(F)F. The molecule has 6 nitrogen and oxygen atoms in total. The number of halogens is 3. The highest BCUT2D eigenvalue weighted by molar-refractivity contribution is 6.10. The molecule has 1 aromatic rings. The Morgan fingerprint density at radius 3 is 2.71 bits per heavy atom. The Bertz CT molecular complexity index is 540. The average molecular weight is 303 g/mol. The van der Waals surface area contributed by atoms with Gasteiger partial charge in [-0.05, 0) is 6.92 Å². The Morgan fingerprint density at radius 1 is 1.52 bits per heavy atom. The monoisotopic (exact) mass is 303 g/mol. The van der Waals surface area contributed by atoms with Crippen LogP contribution in [0.4, 0.5) is 19.0 Å². The molecule has 1 atom stereocenters. The van der Waals surface area contributed by atoms with Gasteiger partial charge in [-0.3, -0.25) is 4.99 Å². The summed E-state index contributed by atoms with van der Waals surface area (Å²) in [5, 5.41) is 0. The number of allylic oxidation sites excluding steroid dienone is 1. The second-order valence-electron chi connectivity index (χ2n) is 4.25. The fraction of sp³-hybridized carbons (Fsp3) is 0.333. The highest BCUT2D eigenvalue weighted by atomic mass is 19.4. The number of aromatic nitrogens is 1. The second kappa shape index (κ2) is 6.93. The molecule has 0 aliphatic heterocycles. The van der Waals surface area contributed by atoms with Crippen LogP contribution in [-0.2, 0) is 0 Å². The van der Waals surface area contributed by atoms with Crippen LogP contribution in [0.5, 0.6) is 5.75 Å². The Balaban J connectivity index is 3.12. The minimum absolute atomic E-state index is 0.0254. The molecule has 0 aliphatic rings. The van der Waals surface area contributed by atoms with Crippen LogP contribution < -0.4 is 21.9 Å². The van der Waals surface area contributed by atoms with Crippen molar-refractivity contribution in [1.82, 2.24) is 4.98 Å². The molecule has 0 amide bonds. The van der Waals surface area contributed by atoms with E-state index < -0.39 is 12.1 Å². The summed E-state index contributed by atoms with van der Waals surface area (Å²) in [4.78, 5) is 7.71. The molecule has 6 N–H and O–H groups in total. The normalized spacial score (nSPS) is 14.4. The summed E-state index contributed by atoms with van der Waals surface area (Å²) in [6.07, 6.45) is -1.32. The van der Waals surface area contributed by atoms with Gasteiger partial charge in [0.05, 0.1) is 6.54 Å². The summed E-state index contributed by atoms with van der Waals surface area (Å²) in [6.45, 7) is 2.04. The molecule has 116 valence electrons. The third-order valence-electron chi connectivity index (χ3n) is 2.23. The smallest absolute Gasteiger partial charge is 0.405 e. The van der Waals surface area contributed by atoms with Crippen LogP contribution >= 0.6 is 0 Å². The van der Waals surface area contributed by atoms with Gasteiger partial charge in [-0.2, -0.15) is 0 Å². The first-order chi connectivity index (χ1) is 9.73. The van der Waals surface area contributed by atoms with Gasteiger partial charge in [0.15, 0.2) is 0 Å². The number of ether oxygens (including phenoxy) is 1. The fourth-order valence-corrected chi connectivity index (χ4v) is 1.40. The Hall–Kier alpha value is -2.29. The van der Waals surface area contributed by atoms with Crippen molar-refractivity contribution in [3.63, 3.8) is 0 Å². The molecule has 0 spiro atoms. The van der Waals surface area contributed by atoms with E-state index in [1.807, 2.05) is 0 Å². The largest absolute Gasteiger partial charge is 0.573 e. The predicted octanol–water partition coefficient (Wildman–Crippen LogP) is 1.28. The van der Waals surface area contributed by atoms with Crippen LogP contribution in [0.25, 0.3) is 5.57 Å². The first-order valence-corrected chi connectivity index (χ1v) is 5.92. The van der Waals surface area contributed by atoms with Gasteiger partial charge in [-0.15, -0.1) is 13.2 Å². The van der Waals surface area contributed by atoms with Crippen LogP contribution in [0.2, 0.25) is 0 Å². The topological polar surface area (TPSA) is 113 Å². The van der Waals surface area contributed by atoms with Crippen LogP contribution in [0.15, 0.2) is 23.5 Å². The van der Waals surface area contributed by atoms with Crippen LogP contribution in [0.1, 0.15) is 12.5 Å². The van der Waals surface area contributed by atoms with E-state index in [1.165, 1.54) is 6.21 Å². The zero-order valence-corrected chi connectivity index (χ0v) is 11.3. The Kier molecular flexibility index (Phi) is 5.53. The van der Waals surface area contributed by atoms with Crippen LogP contribution in [0, 0.1) is 0 Å². The van der Waals surface area contributed by atoms with Crippen molar-refractivity contribution >= 4 is 17.6 Å². The molecule has 0 aromatic carbocycles. The van der Waals surface area contributed by atoms with E-state index in [2.05, 4.69) is 14.7 Å². The molecule has 0 aliphatic carbocycles. The molecule has 1 aromatic heterocycles. The first-order valence-electron chi connectivity index (χ1n) is 5.92. The van der Waals surface area contributed by atoms with Gasteiger partial charge in [0.2, 0.25) is 0 Å². The number of anilines is 1. The van der Waals surface area contributed by atoms with E-state index in [9.17, 15) is 13.2 Å². The molecule has 1 unspecified atom stereocenters. The maximum atomic E-state index is 12.4. The molecule has 21 heavy (non-hydrogen) atoms. The summed E-state index contributed by atoms with van der Waals surface area (Å²) >= 11 is 0. The molecule has 9 heteroatoms. The summed E-state index contributed by atoms with van der Waals surface area (Å²) < 4.78 is 41.1. The fourth-order valence-electron chi connectivity index (χ4n) is 1.40. The van der Waals surface area contributed by atoms with Crippen molar-refractivity contribution in [2.45, 2.75) is 19.3 Å². The highest BCUT2D eigenvalue weighted by Gasteiger charge is 2.32. The van der Waals surface area contributed by atoms with Crippen molar-refractivity contribution in [3.8, 4) is 5.75 Å². The van der Waals surface area contributed by atoms with Gasteiger partial charge in [0, 0.05) is 41.9 Å². The molecular weight excluding hydrogens is 287 g/mol. The number of hydrogen-bond acceptors (Lipinski definition) is 6. The summed E-state index contributed by atoms with van der Waals surface area (Å²) in [6, 6.07) is 0.779. The van der Waals surface area contributed by atoms with Crippen molar-refractivity contribution in [3.05, 3.63) is 24.0 Å². The van der Waals surface area contributed by atoms with Gasteiger partial charge in [0.1, 0.15) is 11.6 Å². The van der Waals surface area contributed by atoms with Gasteiger partial charge in [0.25, 0.3) is 0 Å². The van der Waals surface area contributed by atoms with E-state index in [-0.39, 0.29) is 23.0 Å². The number of nitrogen functional groups attached to an aromatic ring is 1. The third kappa shape index (κ3) is 5.69. The number of aliphatic imine (C=N–C) groups is 1. The van der Waals surface area contributed by atoms with Gasteiger partial charge in [-0.25, -0.2) is 4.98 Å². The maximum absolute atomic E-state index is 12.4. The predicted molar refractivity (Wildman–Crippen MR) is 74.5 cm³/mol. The zero-order chi connectivity index (χ0) is 16.0. The lowest BCUT2D eigenvalue weighted by atomic mass is 10.1. The number of nitrogens with two attached hydrogens (primary N) is 3. The number of hydrogen-bond donors (Lipinski definition) is 3. The van der Waals surface area contributed by atoms with Crippen molar-refractivity contribution in [1.29, 1.82) is 0 Å². The summed E-state index contributed by atoms with van der Waals surface area (Å²) in [5.74, 6) is -0.610. The lowest BCUT2D eigenvalue weighted by Crippen LogP contribution is -2.19. The minimum atomic E-state index is -4.86. The first kappa shape index (κ1) is 16.8. The zero-order valence-electron chi connectivity index (χ0n) is 11.3. The van der Waals surface area contributed by atoms with Crippen molar-refractivity contribution in [2.24, 2.45) is 16.5 Å². The van der Waals surface area contributed by atoms with Crippen LogP contribution in [-0.4, -0.2) is 30.1 Å². The van der Waals surface area contributed by atoms with Crippen molar-refractivity contribution in [2.75, 3.05) is 12.3 Å². The number of nitrogens with zero attached hydrogens (tertiary/aromatic N) is 2. The summed E-state index contributed by atoms with van der Waals surface area (Å²) in [7, 11) is 0. The van der Waals surface area contributed by atoms with E-state index in [0.717, 1.165) is 18.5 Å². The average Bonchev–Trinajstić information content (AvgIpc) is 2.33. The minimum Gasteiger partial charge on any atom is -0.405 e. The van der Waals surface area contributed by atoms with E-state index in [1.54, 1.807) is 6.92 Å². The third-order valence-corrected chi connectivity index (χ3v) is 2.23. The van der Waals surface area contributed by atoms with Gasteiger partial charge >= 0.3 is 6.36 Å². The molecule has 1 heterocycles. The molecule has 0 saturated heterocycles. The summed E-state index contributed by atoms with van der Waals surface area (Å²) in [5.41, 5.74) is 16.5. The quantitative estimate of drug-likeness (QED) is 0.709. The highest BCUT2D eigenvalue weighted by Crippen LogP contribution is 2.30.